The van der Waals surface area contributed by atoms with Crippen LogP contribution in [0.4, 0.5) is 0 Å². The standard InChI is InChI=1S/C18H22IO3/c1-11-6-7-13-8-9-19-16(17(13)22-11)14-4-3-5-15-18(14)20-10-12(2)21-15/h6-7,10-11,14,16H,3-5,8-9H2,1-2H3/q-1. The zero-order chi connectivity index (χ0) is 15.1. The van der Waals surface area contributed by atoms with Crippen LogP contribution in [0, 0.1) is 5.92 Å². The summed E-state index contributed by atoms with van der Waals surface area (Å²) in [6.45, 7) is 4.08. The van der Waals surface area contributed by atoms with Crippen LogP contribution in [-0.4, -0.2) is 14.5 Å². The van der Waals surface area contributed by atoms with Gasteiger partial charge >= 0.3 is 142 Å². The van der Waals surface area contributed by atoms with Crippen molar-refractivity contribution in [1.82, 2.24) is 0 Å². The van der Waals surface area contributed by atoms with E-state index in [1.165, 1.54) is 35.0 Å². The van der Waals surface area contributed by atoms with Crippen LogP contribution in [0.15, 0.2) is 47.0 Å². The van der Waals surface area contributed by atoms with E-state index in [2.05, 4.69) is 19.1 Å². The Morgan fingerprint density at radius 2 is 2.14 bits per heavy atom. The molecule has 3 heterocycles. The number of ether oxygens (including phenoxy) is 3. The maximum atomic E-state index is 6.24. The molecule has 4 heteroatoms. The van der Waals surface area contributed by atoms with E-state index >= 15 is 0 Å². The molecule has 3 unspecified atom stereocenters. The van der Waals surface area contributed by atoms with Gasteiger partial charge in [0.05, 0.1) is 0 Å². The molecule has 3 aliphatic heterocycles. The third-order valence-corrected chi connectivity index (χ3v) is 8.15. The number of hydrogen-bond acceptors (Lipinski definition) is 3. The number of hydrogen-bond donors (Lipinski definition) is 0. The summed E-state index contributed by atoms with van der Waals surface area (Å²) >= 11 is 0.106. The Hall–Kier alpha value is -0.910. The van der Waals surface area contributed by atoms with Gasteiger partial charge in [-0.25, -0.2) is 0 Å². The van der Waals surface area contributed by atoms with Crippen molar-refractivity contribution in [2.45, 2.75) is 49.6 Å². The number of alkyl halides is 2. The van der Waals surface area contributed by atoms with Gasteiger partial charge in [-0.1, -0.05) is 0 Å². The molecule has 22 heavy (non-hydrogen) atoms. The molecule has 0 spiro atoms. The van der Waals surface area contributed by atoms with E-state index in [0.29, 0.717) is 9.84 Å². The Bertz CT molecular complexity index is 599. The molecule has 3 atom stereocenters. The van der Waals surface area contributed by atoms with Gasteiger partial charge in [-0.15, -0.1) is 0 Å². The molecule has 120 valence electrons. The molecule has 0 saturated heterocycles. The molecular formula is C18H22IO3-. The summed E-state index contributed by atoms with van der Waals surface area (Å²) in [4.78, 5) is 0. The van der Waals surface area contributed by atoms with E-state index in [1.54, 1.807) is 6.26 Å². The van der Waals surface area contributed by atoms with Gasteiger partial charge in [0.25, 0.3) is 0 Å². The molecule has 0 radical (unpaired) electrons. The fourth-order valence-electron chi connectivity index (χ4n) is 3.57. The molecular weight excluding hydrogens is 391 g/mol. The summed E-state index contributed by atoms with van der Waals surface area (Å²) in [6.07, 6.45) is 11.0. The zero-order valence-corrected chi connectivity index (χ0v) is 15.3. The van der Waals surface area contributed by atoms with Crippen molar-refractivity contribution < 1.29 is 35.4 Å². The molecule has 3 nitrogen and oxygen atoms in total. The van der Waals surface area contributed by atoms with Crippen molar-refractivity contribution in [3.05, 3.63) is 47.0 Å². The normalized spacial score (nSPS) is 34.5. The monoisotopic (exact) mass is 413 g/mol. The maximum absolute atomic E-state index is 6.24. The topological polar surface area (TPSA) is 27.7 Å². The van der Waals surface area contributed by atoms with Crippen LogP contribution in [0.5, 0.6) is 0 Å². The fourth-order valence-corrected chi connectivity index (χ4v) is 7.38. The predicted octanol–water partition coefficient (Wildman–Crippen LogP) is 0.996. The first-order valence-corrected chi connectivity index (χ1v) is 10.9. The van der Waals surface area contributed by atoms with Crippen molar-refractivity contribution in [1.29, 1.82) is 0 Å². The van der Waals surface area contributed by atoms with Gasteiger partial charge in [0.1, 0.15) is 0 Å². The first-order chi connectivity index (χ1) is 10.7. The van der Waals surface area contributed by atoms with Crippen molar-refractivity contribution >= 4 is 0 Å². The quantitative estimate of drug-likeness (QED) is 0.474. The predicted molar refractivity (Wildman–Crippen MR) is 80.3 cm³/mol. The third kappa shape index (κ3) is 2.59. The van der Waals surface area contributed by atoms with Crippen LogP contribution >= 0.6 is 0 Å². The minimum atomic E-state index is 0.106. The molecule has 0 saturated carbocycles. The van der Waals surface area contributed by atoms with E-state index in [-0.39, 0.29) is 27.3 Å². The van der Waals surface area contributed by atoms with Crippen LogP contribution < -0.4 is 21.2 Å². The molecule has 1 aliphatic carbocycles. The first-order valence-electron chi connectivity index (χ1n) is 8.12. The molecule has 4 rings (SSSR count). The van der Waals surface area contributed by atoms with Crippen molar-refractivity contribution in [2.24, 2.45) is 5.92 Å². The summed E-state index contributed by atoms with van der Waals surface area (Å²) in [5.74, 6) is 4.73. The number of rotatable bonds is 1. The summed E-state index contributed by atoms with van der Waals surface area (Å²) in [5.41, 5.74) is 1.42. The molecule has 0 bridgehead atoms. The Balaban J connectivity index is 1.66. The number of allylic oxidation sites excluding steroid dienone is 6. The second-order valence-electron chi connectivity index (χ2n) is 6.30. The Morgan fingerprint density at radius 3 is 3.05 bits per heavy atom. The van der Waals surface area contributed by atoms with Crippen LogP contribution in [0.2, 0.25) is 0 Å². The van der Waals surface area contributed by atoms with Gasteiger partial charge in [0, 0.05) is 0 Å². The molecule has 0 fully saturated rings. The first kappa shape index (κ1) is 14.7. The van der Waals surface area contributed by atoms with Crippen LogP contribution in [0.3, 0.4) is 0 Å². The van der Waals surface area contributed by atoms with Gasteiger partial charge in [0.15, 0.2) is 0 Å². The molecule has 0 aromatic heterocycles. The Kier molecular flexibility index (Phi) is 3.96. The Labute approximate surface area is 142 Å². The molecule has 0 N–H and O–H groups in total. The van der Waals surface area contributed by atoms with Gasteiger partial charge in [-0.3, -0.25) is 0 Å². The second-order valence-corrected chi connectivity index (χ2v) is 9.60. The van der Waals surface area contributed by atoms with E-state index < -0.39 is 0 Å². The van der Waals surface area contributed by atoms with Crippen molar-refractivity contribution in [2.75, 3.05) is 4.43 Å². The molecule has 0 aromatic rings. The van der Waals surface area contributed by atoms with Gasteiger partial charge in [-0.2, -0.15) is 0 Å². The summed E-state index contributed by atoms with van der Waals surface area (Å²) in [7, 11) is 0. The summed E-state index contributed by atoms with van der Waals surface area (Å²) < 4.78 is 20.0. The zero-order valence-electron chi connectivity index (χ0n) is 13.1. The van der Waals surface area contributed by atoms with Crippen LogP contribution in [0.25, 0.3) is 0 Å². The van der Waals surface area contributed by atoms with Gasteiger partial charge in [0.2, 0.25) is 0 Å². The fraction of sp³-hybridized carbons (Fsp3) is 0.556. The molecule has 0 amide bonds. The molecule has 4 aliphatic rings. The van der Waals surface area contributed by atoms with Gasteiger partial charge < -0.3 is 0 Å². The third-order valence-electron chi connectivity index (χ3n) is 4.61. The summed E-state index contributed by atoms with van der Waals surface area (Å²) in [6, 6.07) is 0. The van der Waals surface area contributed by atoms with Crippen LogP contribution in [0.1, 0.15) is 39.5 Å². The number of halogens is 1. The van der Waals surface area contributed by atoms with E-state index in [4.69, 9.17) is 14.2 Å². The average Bonchev–Trinajstić information content (AvgIpc) is 2.53. The minimum absolute atomic E-state index is 0.106. The van der Waals surface area contributed by atoms with E-state index in [9.17, 15) is 0 Å². The Morgan fingerprint density at radius 1 is 1.23 bits per heavy atom. The van der Waals surface area contributed by atoms with E-state index in [0.717, 1.165) is 23.7 Å². The van der Waals surface area contributed by atoms with E-state index in [1.807, 2.05) is 6.92 Å². The second kappa shape index (κ2) is 5.95. The summed E-state index contributed by atoms with van der Waals surface area (Å²) in [5, 5.41) is 0. The SMILES string of the molecule is CC1=COC2=C(CCCC2C2[I-]CCC3=C2OC(C)C=C3)O1. The molecule has 0 aromatic carbocycles. The van der Waals surface area contributed by atoms with Gasteiger partial charge in [-0.05, 0) is 0 Å². The van der Waals surface area contributed by atoms with Crippen molar-refractivity contribution in [3.8, 4) is 0 Å². The average molecular weight is 413 g/mol. The van der Waals surface area contributed by atoms with Crippen LogP contribution in [-0.2, 0) is 14.2 Å². The van der Waals surface area contributed by atoms with Crippen molar-refractivity contribution in [3.63, 3.8) is 0 Å².